The third-order valence-corrected chi connectivity index (χ3v) is 9.60. The van der Waals surface area contributed by atoms with Gasteiger partial charge in [0.1, 0.15) is 0 Å². The second-order valence-corrected chi connectivity index (χ2v) is 12.3. The molecule has 0 aliphatic heterocycles. The number of para-hydroxylation sites is 3. The van der Waals surface area contributed by atoms with Crippen LogP contribution in [0.5, 0.6) is 0 Å². The first kappa shape index (κ1) is 28.8. The molecule has 0 aliphatic rings. The lowest BCUT2D eigenvalue weighted by Crippen LogP contribution is -1.97. The number of fused-ring (bicyclic) bond motifs is 6. The summed E-state index contributed by atoms with van der Waals surface area (Å²) in [5.74, 6) is 0. The molecule has 0 saturated carbocycles. The van der Waals surface area contributed by atoms with E-state index in [9.17, 15) is 5.26 Å². The van der Waals surface area contributed by atoms with Gasteiger partial charge in [0.25, 0.3) is 0 Å². The van der Waals surface area contributed by atoms with Gasteiger partial charge in [-0.15, -0.1) is 0 Å². The molecule has 9 aromatic rings. The minimum absolute atomic E-state index is 0.601. The number of benzene rings is 7. The zero-order chi connectivity index (χ0) is 33.8. The van der Waals surface area contributed by atoms with Crippen molar-refractivity contribution < 1.29 is 0 Å². The minimum atomic E-state index is 0.601. The van der Waals surface area contributed by atoms with Gasteiger partial charge in [0.15, 0.2) is 11.4 Å². The van der Waals surface area contributed by atoms with Crippen LogP contribution in [0, 0.1) is 24.5 Å². The average Bonchev–Trinajstić information content (AvgIpc) is 3.69. The summed E-state index contributed by atoms with van der Waals surface area (Å²) in [5, 5.41) is 13.9. The lowest BCUT2D eigenvalue weighted by Gasteiger charge is -2.17. The minimum Gasteiger partial charge on any atom is -0.309 e. The highest BCUT2D eigenvalue weighted by atomic mass is 15.0. The molecule has 0 radical (unpaired) electrons. The Morgan fingerprint density at radius 1 is 0.460 bits per heavy atom. The molecule has 0 unspecified atom stereocenters. The van der Waals surface area contributed by atoms with Crippen molar-refractivity contribution in [2.75, 3.05) is 0 Å². The predicted molar refractivity (Wildman–Crippen MR) is 203 cm³/mol. The summed E-state index contributed by atoms with van der Waals surface area (Å²) in [7, 11) is 0. The summed E-state index contributed by atoms with van der Waals surface area (Å²) in [5.41, 5.74) is 12.0. The molecule has 0 atom stereocenters. The first-order valence-electron chi connectivity index (χ1n) is 16.2. The highest BCUT2D eigenvalue weighted by molar-refractivity contribution is 6.11. The van der Waals surface area contributed by atoms with Crippen molar-refractivity contribution in [3.8, 4) is 39.7 Å². The summed E-state index contributed by atoms with van der Waals surface area (Å²) in [6.07, 6.45) is 0. The molecule has 2 heterocycles. The third kappa shape index (κ3) is 4.38. The lowest BCUT2D eigenvalue weighted by atomic mass is 9.93. The van der Waals surface area contributed by atoms with Crippen LogP contribution in [-0.4, -0.2) is 9.13 Å². The van der Waals surface area contributed by atoms with Gasteiger partial charge in [-0.05, 0) is 94.4 Å². The molecule has 9 rings (SSSR count). The Balaban J connectivity index is 1.26. The maximum absolute atomic E-state index is 9.59. The normalized spacial score (nSPS) is 11.1. The number of nitrogens with zero attached hydrogens (tertiary/aromatic N) is 5. The van der Waals surface area contributed by atoms with Crippen LogP contribution in [0.4, 0.5) is 11.4 Å². The zero-order valence-corrected chi connectivity index (χ0v) is 26.7. The van der Waals surface area contributed by atoms with Crippen LogP contribution in [0.1, 0.15) is 5.56 Å². The van der Waals surface area contributed by atoms with Gasteiger partial charge in [-0.3, -0.25) is 0 Å². The van der Waals surface area contributed by atoms with E-state index in [4.69, 9.17) is 13.1 Å². The monoisotopic (exact) mass is 635 g/mol. The quantitative estimate of drug-likeness (QED) is 0.177. The molecule has 230 valence electrons. The molecule has 0 aliphatic carbocycles. The van der Waals surface area contributed by atoms with Crippen molar-refractivity contribution in [1.82, 2.24) is 9.13 Å². The molecular weight excluding hydrogens is 611 g/mol. The van der Waals surface area contributed by atoms with Gasteiger partial charge in [0.2, 0.25) is 0 Å². The Hall–Kier alpha value is -7.39. The van der Waals surface area contributed by atoms with E-state index in [1.165, 1.54) is 0 Å². The van der Waals surface area contributed by atoms with Crippen LogP contribution in [0.2, 0.25) is 0 Å². The van der Waals surface area contributed by atoms with Crippen molar-refractivity contribution in [3.63, 3.8) is 0 Å². The van der Waals surface area contributed by atoms with E-state index in [0.717, 1.165) is 77.2 Å². The topological polar surface area (TPSA) is 42.4 Å². The lowest BCUT2D eigenvalue weighted by molar-refractivity contribution is 1.18. The van der Waals surface area contributed by atoms with E-state index in [0.29, 0.717) is 16.9 Å². The fourth-order valence-corrected chi connectivity index (χ4v) is 7.36. The third-order valence-electron chi connectivity index (χ3n) is 9.60. The second-order valence-electron chi connectivity index (χ2n) is 12.3. The Morgan fingerprint density at radius 2 is 1.06 bits per heavy atom. The van der Waals surface area contributed by atoms with E-state index in [-0.39, 0.29) is 0 Å². The predicted octanol–water partition coefficient (Wildman–Crippen LogP) is 12.2. The summed E-state index contributed by atoms with van der Waals surface area (Å²) >= 11 is 0. The highest BCUT2D eigenvalue weighted by Crippen LogP contribution is 2.42. The van der Waals surface area contributed by atoms with E-state index in [1.54, 1.807) is 0 Å². The SMILES string of the molecule is [C-]#[N+]c1ccc2c(c1)c1ccccc1n2-c1ccc(-c2ccccc2[N+]#[C-])c(-c2ccc(-n3c4ccccc4c4cc(C#N)ccc43)cc2)c1. The summed E-state index contributed by atoms with van der Waals surface area (Å²) < 4.78 is 4.51. The van der Waals surface area contributed by atoms with Gasteiger partial charge in [-0.2, -0.15) is 5.26 Å². The molecule has 0 fully saturated rings. The standard InChI is InChI=1S/C45H25N5/c1-47-31-18-24-45-40(26-31)37-11-5-8-14-43(37)50(45)33-21-22-34(35-9-3-6-12-41(35)48-2)38(27-33)30-16-19-32(20-17-30)49-42-13-7-4-10-36(42)39-25-29(28-46)15-23-44(39)49/h3-27H. The highest BCUT2D eigenvalue weighted by Gasteiger charge is 2.18. The fourth-order valence-electron chi connectivity index (χ4n) is 7.36. The second kappa shape index (κ2) is 11.4. The summed E-state index contributed by atoms with van der Waals surface area (Å²) in [4.78, 5) is 7.56. The van der Waals surface area contributed by atoms with Crippen molar-refractivity contribution in [2.45, 2.75) is 0 Å². The molecule has 0 N–H and O–H groups in total. The van der Waals surface area contributed by atoms with E-state index < -0.39 is 0 Å². The van der Waals surface area contributed by atoms with Crippen LogP contribution in [0.25, 0.3) is 86.9 Å². The fraction of sp³-hybridized carbons (Fsp3) is 0. The number of rotatable bonds is 4. The van der Waals surface area contributed by atoms with E-state index >= 15 is 0 Å². The maximum Gasteiger partial charge on any atom is 0.194 e. The van der Waals surface area contributed by atoms with Crippen molar-refractivity contribution in [2.24, 2.45) is 0 Å². The van der Waals surface area contributed by atoms with Gasteiger partial charge in [-0.1, -0.05) is 84.9 Å². The molecule has 2 aromatic heterocycles. The molecular formula is C45H25N5. The van der Waals surface area contributed by atoms with Crippen LogP contribution in [0.3, 0.4) is 0 Å². The zero-order valence-electron chi connectivity index (χ0n) is 26.7. The molecule has 0 bridgehead atoms. The van der Waals surface area contributed by atoms with Gasteiger partial charge in [0.05, 0.1) is 46.8 Å². The smallest absolute Gasteiger partial charge is 0.194 e. The van der Waals surface area contributed by atoms with Crippen LogP contribution >= 0.6 is 0 Å². The van der Waals surface area contributed by atoms with Gasteiger partial charge in [0, 0.05) is 27.5 Å². The van der Waals surface area contributed by atoms with Gasteiger partial charge < -0.3 is 9.13 Å². The van der Waals surface area contributed by atoms with Crippen molar-refractivity contribution >= 4 is 55.0 Å². The largest absolute Gasteiger partial charge is 0.309 e. The van der Waals surface area contributed by atoms with E-state index in [1.807, 2.05) is 84.9 Å². The number of hydrogen-bond acceptors (Lipinski definition) is 1. The Bertz CT molecular complexity index is 2960. The Morgan fingerprint density at radius 3 is 1.76 bits per heavy atom. The first-order valence-corrected chi connectivity index (χ1v) is 16.2. The number of nitriles is 1. The first-order chi connectivity index (χ1) is 24.7. The molecule has 50 heavy (non-hydrogen) atoms. The Kier molecular flexibility index (Phi) is 6.56. The van der Waals surface area contributed by atoms with Gasteiger partial charge in [-0.25, -0.2) is 9.69 Å². The van der Waals surface area contributed by atoms with Gasteiger partial charge >= 0.3 is 0 Å². The molecule has 0 amide bonds. The van der Waals surface area contributed by atoms with Crippen LogP contribution in [0.15, 0.2) is 152 Å². The molecule has 5 heteroatoms. The summed E-state index contributed by atoms with van der Waals surface area (Å²) in [6.45, 7) is 15.5. The molecule has 0 spiro atoms. The van der Waals surface area contributed by atoms with Crippen molar-refractivity contribution in [3.05, 3.63) is 180 Å². The van der Waals surface area contributed by atoms with Crippen LogP contribution in [-0.2, 0) is 0 Å². The molecule has 5 nitrogen and oxygen atoms in total. The summed E-state index contributed by atoms with van der Waals surface area (Å²) in [6, 6.07) is 53.4. The average molecular weight is 636 g/mol. The number of hydrogen-bond donors (Lipinski definition) is 0. The molecule has 0 saturated heterocycles. The molecule has 7 aromatic carbocycles. The van der Waals surface area contributed by atoms with Crippen LogP contribution < -0.4 is 0 Å². The van der Waals surface area contributed by atoms with Crippen molar-refractivity contribution in [1.29, 1.82) is 5.26 Å². The maximum atomic E-state index is 9.59. The van der Waals surface area contributed by atoms with E-state index in [2.05, 4.69) is 91.6 Å². The Labute approximate surface area is 288 Å². The number of aromatic nitrogens is 2.